The number of hydrogen-bond donors (Lipinski definition) is 10. The number of unbranched alkanes of at least 4 members (excludes halogenated alkanes) is 23. The highest BCUT2D eigenvalue weighted by Gasteiger charge is 2.46. The number of amides is 6. The molecule has 21 heteroatoms. The summed E-state index contributed by atoms with van der Waals surface area (Å²) in [5.74, 6) is -0.639. The fourth-order valence-corrected chi connectivity index (χ4v) is 11.1. The Morgan fingerprint density at radius 2 is 0.761 bits per heavy atom. The predicted octanol–water partition coefficient (Wildman–Crippen LogP) is 12.3. The van der Waals surface area contributed by atoms with Crippen molar-refractivity contribution < 1.29 is 72.9 Å². The number of hydrogen-bond acceptors (Lipinski definition) is 15. The van der Waals surface area contributed by atoms with Crippen LogP contribution in [0.2, 0.25) is 0 Å². The molecule has 1 saturated heterocycles. The Kier molecular flexibility index (Phi) is 42.7. The summed E-state index contributed by atoms with van der Waals surface area (Å²) < 4.78 is 27.7. The van der Waals surface area contributed by atoms with E-state index in [1.807, 2.05) is 41.5 Å². The molecule has 0 aromatic rings. The van der Waals surface area contributed by atoms with Gasteiger partial charge in [0, 0.05) is 57.5 Å². The normalized spacial score (nSPS) is 18.3. The molecule has 0 aromatic carbocycles. The van der Waals surface area contributed by atoms with Gasteiger partial charge in [-0.1, -0.05) is 168 Å². The van der Waals surface area contributed by atoms with Gasteiger partial charge in [0.15, 0.2) is 12.4 Å². The molecule has 1 heterocycles. The number of aliphatic hydroxyl groups is 4. The van der Waals surface area contributed by atoms with Crippen LogP contribution in [0, 0.1) is 5.92 Å². The maximum atomic E-state index is 13.3. The molecular formula is C67H128N6O15. The van der Waals surface area contributed by atoms with Crippen molar-refractivity contribution in [1.29, 1.82) is 0 Å². The summed E-state index contributed by atoms with van der Waals surface area (Å²) in [6, 6.07) is -0.535. The molecule has 0 radical (unpaired) electrons. The number of carbonyl (C=O) groups is 6. The van der Waals surface area contributed by atoms with Crippen molar-refractivity contribution in [2.24, 2.45) is 5.92 Å². The minimum Gasteiger partial charge on any atom is -0.444 e. The second-order valence-corrected chi connectivity index (χ2v) is 28.0. The first kappa shape index (κ1) is 81.8. The van der Waals surface area contributed by atoms with Gasteiger partial charge in [-0.2, -0.15) is 0 Å². The van der Waals surface area contributed by atoms with Crippen LogP contribution in [0.15, 0.2) is 0 Å². The number of alkyl carbamates (subject to hydrolysis) is 4. The summed E-state index contributed by atoms with van der Waals surface area (Å²) >= 11 is 0. The van der Waals surface area contributed by atoms with Crippen LogP contribution in [0.5, 0.6) is 0 Å². The highest BCUT2D eigenvalue weighted by Crippen LogP contribution is 2.24. The fraction of sp³-hybridized carbons (Fsp3) is 0.910. The Morgan fingerprint density at radius 1 is 0.409 bits per heavy atom. The Bertz CT molecular complexity index is 1820. The van der Waals surface area contributed by atoms with Crippen molar-refractivity contribution in [3.05, 3.63) is 0 Å². The van der Waals surface area contributed by atoms with Crippen molar-refractivity contribution in [2.45, 2.75) is 360 Å². The maximum absolute atomic E-state index is 13.3. The van der Waals surface area contributed by atoms with E-state index in [2.05, 4.69) is 31.9 Å². The zero-order chi connectivity index (χ0) is 66.0. The largest absolute Gasteiger partial charge is 0.444 e. The van der Waals surface area contributed by atoms with Gasteiger partial charge in [-0.05, 0) is 114 Å². The summed E-state index contributed by atoms with van der Waals surface area (Å²) in [5.41, 5.74) is -3.11. The summed E-state index contributed by atoms with van der Waals surface area (Å²) in [6.45, 7) is 23.7. The van der Waals surface area contributed by atoms with Crippen molar-refractivity contribution in [3.63, 3.8) is 0 Å². The van der Waals surface area contributed by atoms with Gasteiger partial charge < -0.3 is 76.0 Å². The Labute approximate surface area is 531 Å². The molecule has 1 aliphatic rings. The van der Waals surface area contributed by atoms with Gasteiger partial charge in [-0.25, -0.2) is 19.2 Å². The van der Waals surface area contributed by atoms with E-state index >= 15 is 0 Å². The van der Waals surface area contributed by atoms with Gasteiger partial charge in [0.25, 0.3) is 5.91 Å². The summed E-state index contributed by atoms with van der Waals surface area (Å²) in [5, 5.41) is 56.4. The third-order valence-electron chi connectivity index (χ3n) is 15.6. The smallest absolute Gasteiger partial charge is 0.407 e. The maximum Gasteiger partial charge on any atom is 0.407 e. The van der Waals surface area contributed by atoms with E-state index in [1.165, 1.54) is 103 Å². The Morgan fingerprint density at radius 3 is 1.14 bits per heavy atom. The molecule has 6 amide bonds. The number of aliphatic hydroxyl groups excluding tert-OH is 4. The molecule has 1 aliphatic heterocycles. The molecule has 7 atom stereocenters. The standard InChI is InChI=1S/C67H128N6O15/c1-13-40-51(72-62(82)85-64(3,4)5)46-66(9,10)87-60(80)70-48-50(49-71-61(81)88-67(11,12)47-52(41-14-2)73-63(83)86-65(6,7)8)42-36-33-35-38-44-68-53(74)43-37-32-30-28-26-24-22-20-18-16-15-17-19-21-23-25-27-29-31-34-39-45-69-58(78)57-55(76)54(75)56(77)59(79)84-57/h50-52,54-57,59,75-77,79H,13-49H2,1-12H3,(H,68,74)(H,69,78)(H,70,80)(H,71,81)(H,72,82)(H,73,83). The van der Waals surface area contributed by atoms with Crippen LogP contribution in [0.1, 0.15) is 295 Å². The van der Waals surface area contributed by atoms with Crippen molar-refractivity contribution in [1.82, 2.24) is 31.9 Å². The predicted molar refractivity (Wildman–Crippen MR) is 346 cm³/mol. The number of rotatable bonds is 48. The quantitative estimate of drug-likeness (QED) is 0.0200. The summed E-state index contributed by atoms with van der Waals surface area (Å²) in [6.07, 6.45) is 23.5. The second-order valence-electron chi connectivity index (χ2n) is 28.0. The van der Waals surface area contributed by atoms with E-state index in [0.717, 1.165) is 70.6 Å². The third kappa shape index (κ3) is 43.5. The van der Waals surface area contributed by atoms with Crippen LogP contribution in [0.25, 0.3) is 0 Å². The highest BCUT2D eigenvalue weighted by molar-refractivity contribution is 5.81. The van der Waals surface area contributed by atoms with Gasteiger partial charge in [0.2, 0.25) is 5.91 Å². The van der Waals surface area contributed by atoms with Crippen molar-refractivity contribution in [2.75, 3.05) is 26.2 Å². The minimum atomic E-state index is -1.72. The lowest BCUT2D eigenvalue weighted by atomic mass is 9.96. The van der Waals surface area contributed by atoms with E-state index in [-0.39, 0.29) is 37.0 Å². The van der Waals surface area contributed by atoms with Crippen LogP contribution in [0.3, 0.4) is 0 Å². The number of carbonyl (C=O) groups excluding carboxylic acids is 6. The minimum absolute atomic E-state index is 0.107. The molecule has 0 spiro atoms. The first-order valence-electron chi connectivity index (χ1n) is 34.3. The molecule has 88 heavy (non-hydrogen) atoms. The van der Waals surface area contributed by atoms with E-state index < -0.39 is 83.4 Å². The molecule has 0 aromatic heterocycles. The molecule has 0 saturated carbocycles. The van der Waals surface area contributed by atoms with Crippen LogP contribution in [-0.4, -0.2) is 148 Å². The monoisotopic (exact) mass is 1260 g/mol. The average molecular weight is 1260 g/mol. The molecule has 7 unspecified atom stereocenters. The molecule has 10 N–H and O–H groups in total. The highest BCUT2D eigenvalue weighted by atomic mass is 16.6. The summed E-state index contributed by atoms with van der Waals surface area (Å²) in [7, 11) is 0. The fourth-order valence-electron chi connectivity index (χ4n) is 11.1. The zero-order valence-corrected chi connectivity index (χ0v) is 57.1. The van der Waals surface area contributed by atoms with Crippen molar-refractivity contribution >= 4 is 36.2 Å². The topological polar surface area (TPSA) is 302 Å². The average Bonchev–Trinajstić information content (AvgIpc) is 1.13. The molecule has 1 fully saturated rings. The van der Waals surface area contributed by atoms with Gasteiger partial charge in [0.05, 0.1) is 0 Å². The lowest BCUT2D eigenvalue weighted by Gasteiger charge is -2.37. The molecule has 0 aliphatic carbocycles. The number of nitrogens with one attached hydrogen (secondary N) is 6. The molecule has 0 bridgehead atoms. The lowest BCUT2D eigenvalue weighted by molar-refractivity contribution is -0.275. The van der Waals surface area contributed by atoms with Gasteiger partial charge in [-0.15, -0.1) is 0 Å². The van der Waals surface area contributed by atoms with Crippen LogP contribution in [-0.2, 0) is 33.3 Å². The van der Waals surface area contributed by atoms with Crippen LogP contribution >= 0.6 is 0 Å². The first-order chi connectivity index (χ1) is 41.5. The van der Waals surface area contributed by atoms with E-state index in [4.69, 9.17) is 23.7 Å². The third-order valence-corrected chi connectivity index (χ3v) is 15.6. The number of ether oxygens (including phenoxy) is 5. The van der Waals surface area contributed by atoms with E-state index in [1.54, 1.807) is 41.5 Å². The lowest BCUT2D eigenvalue weighted by Crippen LogP contribution is -2.61. The molecule has 1 rings (SSSR count). The van der Waals surface area contributed by atoms with Crippen molar-refractivity contribution in [3.8, 4) is 0 Å². The van der Waals surface area contributed by atoms with Gasteiger partial charge in [0.1, 0.15) is 40.7 Å². The Balaban J connectivity index is 2.31. The van der Waals surface area contributed by atoms with Gasteiger partial charge in [-0.3, -0.25) is 9.59 Å². The van der Waals surface area contributed by atoms with Crippen LogP contribution < -0.4 is 31.9 Å². The molecular weight excluding hydrogens is 1130 g/mol. The molecule has 21 nitrogen and oxygen atoms in total. The second kappa shape index (κ2) is 46.0. The van der Waals surface area contributed by atoms with E-state index in [0.29, 0.717) is 51.6 Å². The van der Waals surface area contributed by atoms with E-state index in [9.17, 15) is 49.2 Å². The van der Waals surface area contributed by atoms with Gasteiger partial charge >= 0.3 is 24.4 Å². The summed E-state index contributed by atoms with van der Waals surface area (Å²) in [4.78, 5) is 76.6. The first-order valence-corrected chi connectivity index (χ1v) is 34.3. The SMILES string of the molecule is CCCC(CC(C)(C)OC(=O)NCC(CCCCCCNC(=O)CCCCCCCCCCCCCCCCCCCCCCCNC(=O)C1OC(O)C(O)C(O)C1O)CNC(=O)OC(C)(C)CC(CCC)NC(=O)OC(C)(C)C)NC(=O)OC(C)(C)C. The Hall–Kier alpha value is -4.18. The molecule has 516 valence electrons. The van der Waals surface area contributed by atoms with Crippen LogP contribution in [0.4, 0.5) is 19.2 Å². The zero-order valence-electron chi connectivity index (χ0n) is 57.1.